The third-order valence-corrected chi connectivity index (χ3v) is 3.14. The highest BCUT2D eigenvalue weighted by Gasteiger charge is 2.39. The highest BCUT2D eigenvalue weighted by Crippen LogP contribution is 2.36. The quantitative estimate of drug-likeness (QED) is 0.905. The molecule has 7 heteroatoms. The zero-order valence-corrected chi connectivity index (χ0v) is 11.4. The summed E-state index contributed by atoms with van der Waals surface area (Å²) in [4.78, 5) is 5.51. The van der Waals surface area contributed by atoms with Crippen LogP contribution in [0.1, 0.15) is 19.4 Å². The summed E-state index contributed by atoms with van der Waals surface area (Å²) in [6.45, 7) is 4.56. The lowest BCUT2D eigenvalue weighted by Crippen LogP contribution is -2.55. The van der Waals surface area contributed by atoms with Gasteiger partial charge in [0.25, 0.3) is 0 Å². The Balaban J connectivity index is 2.36. The fraction of sp³-hybridized carbons (Fsp3) is 0.615. The van der Waals surface area contributed by atoms with Crippen LogP contribution in [0.2, 0.25) is 0 Å². The Kier molecular flexibility index (Phi) is 3.93. The van der Waals surface area contributed by atoms with Gasteiger partial charge in [0, 0.05) is 25.8 Å². The molecule has 20 heavy (non-hydrogen) atoms. The van der Waals surface area contributed by atoms with Gasteiger partial charge in [-0.05, 0) is 26.0 Å². The van der Waals surface area contributed by atoms with E-state index in [2.05, 4.69) is 4.98 Å². The van der Waals surface area contributed by atoms with Crippen LogP contribution in [0.3, 0.4) is 0 Å². The van der Waals surface area contributed by atoms with Crippen molar-refractivity contribution >= 4 is 5.82 Å². The number of halogens is 3. The SMILES string of the molecule is CC1(C)CN(c2ncccc2C(F)(F)F)CC(CN)O1. The van der Waals surface area contributed by atoms with Crippen LogP contribution in [0, 0.1) is 0 Å². The summed E-state index contributed by atoms with van der Waals surface area (Å²) in [6.07, 6.45) is -3.36. The molecule has 0 aliphatic carbocycles. The molecule has 1 unspecified atom stereocenters. The molecule has 1 saturated heterocycles. The lowest BCUT2D eigenvalue weighted by atomic mass is 10.0. The van der Waals surface area contributed by atoms with Gasteiger partial charge in [-0.1, -0.05) is 0 Å². The van der Waals surface area contributed by atoms with Gasteiger partial charge in [0.05, 0.1) is 17.3 Å². The van der Waals surface area contributed by atoms with Gasteiger partial charge >= 0.3 is 6.18 Å². The number of nitrogens with zero attached hydrogens (tertiary/aromatic N) is 2. The van der Waals surface area contributed by atoms with Crippen molar-refractivity contribution in [3.8, 4) is 0 Å². The Bertz CT molecular complexity index is 476. The first-order valence-corrected chi connectivity index (χ1v) is 6.38. The molecule has 1 aliphatic rings. The second-order valence-corrected chi connectivity index (χ2v) is 5.49. The number of aromatic nitrogens is 1. The first-order valence-electron chi connectivity index (χ1n) is 6.38. The number of ether oxygens (including phenoxy) is 1. The topological polar surface area (TPSA) is 51.4 Å². The molecule has 0 radical (unpaired) electrons. The number of pyridine rings is 1. The molecule has 0 aromatic carbocycles. The monoisotopic (exact) mass is 289 g/mol. The van der Waals surface area contributed by atoms with Crippen LogP contribution in [0.25, 0.3) is 0 Å². The van der Waals surface area contributed by atoms with E-state index < -0.39 is 17.3 Å². The molecule has 112 valence electrons. The number of rotatable bonds is 2. The van der Waals surface area contributed by atoms with Crippen LogP contribution >= 0.6 is 0 Å². The maximum Gasteiger partial charge on any atom is 0.419 e. The predicted octanol–water partition coefficient (Wildman–Crippen LogP) is 2.04. The van der Waals surface area contributed by atoms with Crippen molar-refractivity contribution in [2.24, 2.45) is 5.73 Å². The molecule has 0 amide bonds. The van der Waals surface area contributed by atoms with Gasteiger partial charge in [-0.2, -0.15) is 13.2 Å². The number of hydrogen-bond acceptors (Lipinski definition) is 4. The number of hydrogen-bond donors (Lipinski definition) is 1. The molecular weight excluding hydrogens is 271 g/mol. The standard InChI is InChI=1S/C13H18F3N3O/c1-12(2)8-19(7-9(6-17)20-12)11-10(13(14,15)16)4-3-5-18-11/h3-5,9H,6-8,17H2,1-2H3. The van der Waals surface area contributed by atoms with E-state index in [4.69, 9.17) is 10.5 Å². The van der Waals surface area contributed by atoms with E-state index >= 15 is 0 Å². The fourth-order valence-corrected chi connectivity index (χ4v) is 2.45. The predicted molar refractivity (Wildman–Crippen MR) is 69.5 cm³/mol. The van der Waals surface area contributed by atoms with E-state index in [1.807, 2.05) is 13.8 Å². The van der Waals surface area contributed by atoms with Gasteiger partial charge in [-0.3, -0.25) is 0 Å². The van der Waals surface area contributed by atoms with Crippen molar-refractivity contribution in [2.75, 3.05) is 24.5 Å². The molecule has 2 rings (SSSR count). The molecule has 0 bridgehead atoms. The van der Waals surface area contributed by atoms with Crippen molar-refractivity contribution in [1.29, 1.82) is 0 Å². The summed E-state index contributed by atoms with van der Waals surface area (Å²) in [5.74, 6) is -0.0603. The first-order chi connectivity index (χ1) is 9.23. The third kappa shape index (κ3) is 3.21. The molecule has 1 atom stereocenters. The van der Waals surface area contributed by atoms with Gasteiger partial charge in [0.2, 0.25) is 0 Å². The zero-order chi connectivity index (χ0) is 15.0. The number of nitrogens with two attached hydrogens (primary N) is 1. The molecule has 2 heterocycles. The van der Waals surface area contributed by atoms with E-state index in [0.717, 1.165) is 6.07 Å². The summed E-state index contributed by atoms with van der Waals surface area (Å²) in [5.41, 5.74) is 4.30. The summed E-state index contributed by atoms with van der Waals surface area (Å²) in [7, 11) is 0. The van der Waals surface area contributed by atoms with Crippen LogP contribution in [-0.4, -0.2) is 36.3 Å². The summed E-state index contributed by atoms with van der Waals surface area (Å²) >= 11 is 0. The van der Waals surface area contributed by atoms with Crippen molar-refractivity contribution in [3.63, 3.8) is 0 Å². The van der Waals surface area contributed by atoms with Gasteiger partial charge in [0.1, 0.15) is 5.82 Å². The van der Waals surface area contributed by atoms with Gasteiger partial charge in [0.15, 0.2) is 0 Å². The highest BCUT2D eigenvalue weighted by molar-refractivity contribution is 5.49. The molecule has 1 aliphatic heterocycles. The molecule has 0 spiro atoms. The van der Waals surface area contributed by atoms with Crippen molar-refractivity contribution in [1.82, 2.24) is 4.98 Å². The third-order valence-electron chi connectivity index (χ3n) is 3.14. The van der Waals surface area contributed by atoms with Gasteiger partial charge in [-0.25, -0.2) is 4.98 Å². The zero-order valence-electron chi connectivity index (χ0n) is 11.4. The Morgan fingerprint density at radius 3 is 2.80 bits per heavy atom. The van der Waals surface area contributed by atoms with Crippen molar-refractivity contribution in [3.05, 3.63) is 23.9 Å². The molecule has 4 nitrogen and oxygen atoms in total. The van der Waals surface area contributed by atoms with Crippen molar-refractivity contribution < 1.29 is 17.9 Å². The number of morpholine rings is 1. The van der Waals surface area contributed by atoms with E-state index in [9.17, 15) is 13.2 Å². The average molecular weight is 289 g/mol. The maximum atomic E-state index is 13.1. The molecule has 1 aromatic rings. The Morgan fingerprint density at radius 1 is 1.50 bits per heavy atom. The highest BCUT2D eigenvalue weighted by atomic mass is 19.4. The van der Waals surface area contributed by atoms with Crippen LogP contribution in [0.15, 0.2) is 18.3 Å². The fourth-order valence-electron chi connectivity index (χ4n) is 2.45. The summed E-state index contributed by atoms with van der Waals surface area (Å²) < 4.78 is 44.9. The minimum absolute atomic E-state index is 0.0603. The Hall–Kier alpha value is -1.34. The van der Waals surface area contributed by atoms with E-state index in [1.54, 1.807) is 4.90 Å². The van der Waals surface area contributed by atoms with E-state index in [0.29, 0.717) is 13.1 Å². The van der Waals surface area contributed by atoms with Gasteiger partial charge < -0.3 is 15.4 Å². The van der Waals surface area contributed by atoms with Gasteiger partial charge in [-0.15, -0.1) is 0 Å². The lowest BCUT2D eigenvalue weighted by Gasteiger charge is -2.43. The van der Waals surface area contributed by atoms with E-state index in [-0.39, 0.29) is 18.5 Å². The molecular formula is C13H18F3N3O. The smallest absolute Gasteiger partial charge is 0.367 e. The second-order valence-electron chi connectivity index (χ2n) is 5.49. The summed E-state index contributed by atoms with van der Waals surface area (Å²) in [5, 5.41) is 0. The molecule has 1 aromatic heterocycles. The normalized spacial score (nSPS) is 22.9. The van der Waals surface area contributed by atoms with E-state index in [1.165, 1.54) is 12.3 Å². The van der Waals surface area contributed by atoms with Crippen LogP contribution < -0.4 is 10.6 Å². The molecule has 1 fully saturated rings. The minimum Gasteiger partial charge on any atom is -0.367 e. The van der Waals surface area contributed by atoms with Crippen LogP contribution in [0.5, 0.6) is 0 Å². The lowest BCUT2D eigenvalue weighted by molar-refractivity contribution is -0.137. The number of alkyl halides is 3. The average Bonchev–Trinajstić information content (AvgIpc) is 2.35. The van der Waals surface area contributed by atoms with Crippen LogP contribution in [0.4, 0.5) is 19.0 Å². The first kappa shape index (κ1) is 15.1. The maximum absolute atomic E-state index is 13.1. The molecule has 0 saturated carbocycles. The molecule has 2 N–H and O–H groups in total. The second kappa shape index (κ2) is 5.21. The Labute approximate surface area is 115 Å². The Morgan fingerprint density at radius 2 is 2.20 bits per heavy atom. The van der Waals surface area contributed by atoms with Crippen molar-refractivity contribution in [2.45, 2.75) is 31.7 Å². The van der Waals surface area contributed by atoms with Crippen LogP contribution in [-0.2, 0) is 10.9 Å². The largest absolute Gasteiger partial charge is 0.419 e. The number of anilines is 1. The summed E-state index contributed by atoms with van der Waals surface area (Å²) in [6, 6.07) is 2.33. The minimum atomic E-state index is -4.43.